The number of amides is 1. The van der Waals surface area contributed by atoms with E-state index in [9.17, 15) is 9.59 Å². The third-order valence-electron chi connectivity index (χ3n) is 1.98. The number of carbonyl (C=O) groups is 2. The zero-order valence-corrected chi connectivity index (χ0v) is 10.3. The molecule has 86 valence electrons. The van der Waals surface area contributed by atoms with Gasteiger partial charge in [-0.25, -0.2) is 0 Å². The van der Waals surface area contributed by atoms with Gasteiger partial charge in [0.2, 0.25) is 5.91 Å². The third kappa shape index (κ3) is 4.06. The summed E-state index contributed by atoms with van der Waals surface area (Å²) in [6.45, 7) is 4.07. The van der Waals surface area contributed by atoms with Crippen LogP contribution in [0.3, 0.4) is 0 Å². The first kappa shape index (κ1) is 12.8. The fourth-order valence-electron chi connectivity index (χ4n) is 1.20. The van der Waals surface area contributed by atoms with Crippen molar-refractivity contribution in [2.24, 2.45) is 0 Å². The smallest absolute Gasteiger partial charge is 0.230 e. The minimum Gasteiger partial charge on any atom is -0.356 e. The molecule has 0 radical (unpaired) electrons. The quantitative estimate of drug-likeness (QED) is 0.630. The van der Waals surface area contributed by atoms with E-state index in [1.54, 1.807) is 6.07 Å². The lowest BCUT2D eigenvalue weighted by Gasteiger charge is -2.03. The van der Waals surface area contributed by atoms with Gasteiger partial charge in [0.15, 0.2) is 5.78 Å². The molecule has 0 fully saturated rings. The Morgan fingerprint density at radius 2 is 2.12 bits per heavy atom. The van der Waals surface area contributed by atoms with Crippen molar-refractivity contribution in [1.29, 1.82) is 0 Å². The van der Waals surface area contributed by atoms with Crippen LogP contribution in [0.25, 0.3) is 0 Å². The lowest BCUT2D eigenvalue weighted by Crippen LogP contribution is -2.24. The van der Waals surface area contributed by atoms with Crippen molar-refractivity contribution in [2.75, 3.05) is 12.3 Å². The second-order valence-corrected chi connectivity index (χ2v) is 4.37. The molecule has 1 aromatic carbocycles. The second-order valence-electron chi connectivity index (χ2n) is 3.33. The zero-order chi connectivity index (χ0) is 12.0. The highest BCUT2D eigenvalue weighted by atomic mass is 32.2. The number of carbonyl (C=O) groups excluding carboxylic acids is 2. The van der Waals surface area contributed by atoms with E-state index in [0.29, 0.717) is 17.9 Å². The van der Waals surface area contributed by atoms with Crippen LogP contribution in [-0.2, 0) is 4.79 Å². The van der Waals surface area contributed by atoms with E-state index >= 15 is 0 Å². The Labute approximate surface area is 99.6 Å². The van der Waals surface area contributed by atoms with E-state index < -0.39 is 0 Å². The number of rotatable bonds is 5. The topological polar surface area (TPSA) is 46.2 Å². The number of hydrogen-bond donors (Lipinski definition) is 1. The maximum absolute atomic E-state index is 11.2. The predicted octanol–water partition coefficient (Wildman–Crippen LogP) is 2.12. The summed E-state index contributed by atoms with van der Waals surface area (Å²) in [5.74, 6) is 0.441. The van der Waals surface area contributed by atoms with Crippen LogP contribution in [0.15, 0.2) is 29.2 Å². The molecule has 0 bridgehead atoms. The summed E-state index contributed by atoms with van der Waals surface area (Å²) in [6, 6.07) is 7.32. The molecule has 0 aromatic heterocycles. The van der Waals surface area contributed by atoms with Gasteiger partial charge in [0.05, 0.1) is 5.75 Å². The average molecular weight is 237 g/mol. The van der Waals surface area contributed by atoms with Gasteiger partial charge >= 0.3 is 0 Å². The molecule has 1 N–H and O–H groups in total. The predicted molar refractivity (Wildman–Crippen MR) is 65.9 cm³/mol. The molecule has 1 aromatic rings. The fourth-order valence-corrected chi connectivity index (χ4v) is 1.99. The van der Waals surface area contributed by atoms with Gasteiger partial charge in [0.25, 0.3) is 0 Å². The molecule has 16 heavy (non-hydrogen) atoms. The Balaban J connectivity index is 2.57. The summed E-state index contributed by atoms with van der Waals surface area (Å²) < 4.78 is 0. The van der Waals surface area contributed by atoms with Crippen LogP contribution in [0.4, 0.5) is 0 Å². The summed E-state index contributed by atoms with van der Waals surface area (Å²) in [4.78, 5) is 23.3. The van der Waals surface area contributed by atoms with Crippen LogP contribution in [0, 0.1) is 0 Å². The summed E-state index contributed by atoms with van der Waals surface area (Å²) in [5, 5.41) is 2.73. The van der Waals surface area contributed by atoms with Crippen molar-refractivity contribution in [3.8, 4) is 0 Å². The molecule has 1 rings (SSSR count). The van der Waals surface area contributed by atoms with Crippen molar-refractivity contribution < 1.29 is 9.59 Å². The molecule has 0 aliphatic carbocycles. The second kappa shape index (κ2) is 6.33. The van der Waals surface area contributed by atoms with Crippen LogP contribution < -0.4 is 5.32 Å². The molecule has 0 spiro atoms. The highest BCUT2D eigenvalue weighted by molar-refractivity contribution is 8.00. The monoisotopic (exact) mass is 237 g/mol. The number of Topliss-reactive ketones (excluding diaryl/α,β-unsaturated/α-hetero) is 1. The van der Waals surface area contributed by atoms with Crippen LogP contribution in [0.2, 0.25) is 0 Å². The maximum atomic E-state index is 11.2. The lowest BCUT2D eigenvalue weighted by atomic mass is 10.2. The highest BCUT2D eigenvalue weighted by Crippen LogP contribution is 2.19. The van der Waals surface area contributed by atoms with Crippen molar-refractivity contribution >= 4 is 23.5 Å². The van der Waals surface area contributed by atoms with Crippen molar-refractivity contribution in [1.82, 2.24) is 5.32 Å². The molecule has 0 unspecified atom stereocenters. The van der Waals surface area contributed by atoms with Crippen molar-refractivity contribution in [3.05, 3.63) is 29.8 Å². The summed E-state index contributed by atoms with van der Waals surface area (Å²) >= 11 is 1.44. The van der Waals surface area contributed by atoms with Gasteiger partial charge in [-0.1, -0.05) is 12.1 Å². The Bertz CT molecular complexity index is 390. The molecule has 1 amide bonds. The van der Waals surface area contributed by atoms with E-state index in [4.69, 9.17) is 0 Å². The van der Waals surface area contributed by atoms with Gasteiger partial charge in [0, 0.05) is 17.0 Å². The number of hydrogen-bond acceptors (Lipinski definition) is 3. The number of benzene rings is 1. The Kier molecular flexibility index (Phi) is 5.05. The number of ketones is 1. The molecular weight excluding hydrogens is 222 g/mol. The zero-order valence-electron chi connectivity index (χ0n) is 9.45. The molecule has 0 aliphatic rings. The van der Waals surface area contributed by atoms with E-state index in [0.717, 1.165) is 4.90 Å². The van der Waals surface area contributed by atoms with E-state index in [1.807, 2.05) is 25.1 Å². The number of thioether (sulfide) groups is 1. The Morgan fingerprint density at radius 1 is 1.38 bits per heavy atom. The van der Waals surface area contributed by atoms with Crippen LogP contribution >= 0.6 is 11.8 Å². The van der Waals surface area contributed by atoms with Crippen LogP contribution in [-0.4, -0.2) is 24.0 Å². The molecule has 0 aliphatic heterocycles. The number of nitrogens with one attached hydrogen (secondary N) is 1. The standard InChI is InChI=1S/C12H15NO2S/c1-3-13-12(15)8-16-11-6-4-5-10(7-11)9(2)14/h4-7H,3,8H2,1-2H3,(H,13,15). The molecule has 4 heteroatoms. The molecule has 0 saturated carbocycles. The first-order valence-corrected chi connectivity index (χ1v) is 6.12. The maximum Gasteiger partial charge on any atom is 0.230 e. The first-order chi connectivity index (χ1) is 7.63. The van der Waals surface area contributed by atoms with Gasteiger partial charge in [-0.2, -0.15) is 0 Å². The van der Waals surface area contributed by atoms with Gasteiger partial charge in [-0.05, 0) is 26.0 Å². The Morgan fingerprint density at radius 3 is 2.75 bits per heavy atom. The first-order valence-electron chi connectivity index (χ1n) is 5.14. The van der Waals surface area contributed by atoms with Gasteiger partial charge in [-0.15, -0.1) is 11.8 Å². The molecule has 0 atom stereocenters. The minimum atomic E-state index is 0.0146. The van der Waals surface area contributed by atoms with E-state index in [2.05, 4.69) is 5.32 Å². The summed E-state index contributed by atoms with van der Waals surface area (Å²) in [5.41, 5.74) is 0.681. The summed E-state index contributed by atoms with van der Waals surface area (Å²) in [7, 11) is 0. The normalized spacial score (nSPS) is 9.88. The molecular formula is C12H15NO2S. The minimum absolute atomic E-state index is 0.0146. The van der Waals surface area contributed by atoms with Crippen molar-refractivity contribution in [2.45, 2.75) is 18.7 Å². The largest absolute Gasteiger partial charge is 0.356 e. The van der Waals surface area contributed by atoms with Crippen LogP contribution in [0.1, 0.15) is 24.2 Å². The molecule has 0 saturated heterocycles. The SMILES string of the molecule is CCNC(=O)CSc1cccc(C(C)=O)c1. The third-order valence-corrected chi connectivity index (χ3v) is 2.98. The van der Waals surface area contributed by atoms with Crippen LogP contribution in [0.5, 0.6) is 0 Å². The lowest BCUT2D eigenvalue weighted by molar-refractivity contribution is -0.118. The van der Waals surface area contributed by atoms with Gasteiger partial charge in [-0.3, -0.25) is 9.59 Å². The molecule has 3 nitrogen and oxygen atoms in total. The van der Waals surface area contributed by atoms with E-state index in [1.165, 1.54) is 18.7 Å². The molecule has 0 heterocycles. The highest BCUT2D eigenvalue weighted by Gasteiger charge is 2.03. The van der Waals surface area contributed by atoms with Gasteiger partial charge < -0.3 is 5.32 Å². The van der Waals surface area contributed by atoms with E-state index in [-0.39, 0.29) is 11.7 Å². The van der Waals surface area contributed by atoms with Gasteiger partial charge in [0.1, 0.15) is 0 Å². The Hall–Kier alpha value is -1.29. The average Bonchev–Trinajstić information content (AvgIpc) is 2.27. The van der Waals surface area contributed by atoms with Crippen molar-refractivity contribution in [3.63, 3.8) is 0 Å². The fraction of sp³-hybridized carbons (Fsp3) is 0.333. The summed E-state index contributed by atoms with van der Waals surface area (Å²) in [6.07, 6.45) is 0.